The van der Waals surface area contributed by atoms with Gasteiger partial charge in [0, 0.05) is 11.6 Å². The molecule has 5 rings (SSSR count). The Morgan fingerprint density at radius 1 is 0.769 bits per heavy atom. The van der Waals surface area contributed by atoms with Crippen LogP contribution in [0, 0.1) is 0 Å². The maximum Gasteiger partial charge on any atom is 0.120 e. The highest BCUT2D eigenvalue weighted by Crippen LogP contribution is 2.40. The van der Waals surface area contributed by atoms with Crippen molar-refractivity contribution < 1.29 is 19.3 Å². The molecular weight excluding hydrogens is 486 g/mol. The molecular formula is C34H35NO4. The fourth-order valence-electron chi connectivity index (χ4n) is 5.06. The highest BCUT2D eigenvalue weighted by molar-refractivity contribution is 5.63. The van der Waals surface area contributed by atoms with Crippen LogP contribution in [0.2, 0.25) is 0 Å². The summed E-state index contributed by atoms with van der Waals surface area (Å²) in [6.07, 6.45) is 0.803. The van der Waals surface area contributed by atoms with E-state index >= 15 is 0 Å². The molecule has 0 aliphatic carbocycles. The average molecular weight is 522 g/mol. The minimum Gasteiger partial charge on any atom is -0.491 e. The monoisotopic (exact) mass is 521 g/mol. The van der Waals surface area contributed by atoms with E-state index in [1.54, 1.807) is 0 Å². The lowest BCUT2D eigenvalue weighted by Gasteiger charge is -2.30. The van der Waals surface area contributed by atoms with Crippen LogP contribution in [-0.4, -0.2) is 24.4 Å². The van der Waals surface area contributed by atoms with Gasteiger partial charge in [0.25, 0.3) is 0 Å². The van der Waals surface area contributed by atoms with Crippen LogP contribution in [-0.2, 0) is 18.6 Å². The van der Waals surface area contributed by atoms with Crippen LogP contribution in [0.25, 0.3) is 5.57 Å². The molecule has 5 nitrogen and oxygen atoms in total. The lowest BCUT2D eigenvalue weighted by Crippen LogP contribution is -2.27. The molecule has 200 valence electrons. The van der Waals surface area contributed by atoms with Gasteiger partial charge < -0.3 is 19.3 Å². The van der Waals surface area contributed by atoms with E-state index in [0.717, 1.165) is 44.5 Å². The average Bonchev–Trinajstić information content (AvgIpc) is 3.23. The van der Waals surface area contributed by atoms with Crippen LogP contribution in [0.1, 0.15) is 37.5 Å². The Bertz CT molecular complexity index is 1510. The Labute approximate surface area is 230 Å². The van der Waals surface area contributed by atoms with Gasteiger partial charge in [-0.2, -0.15) is 0 Å². The number of aliphatic hydroxyl groups excluding tert-OH is 1. The number of aliphatic hydroxyl groups is 1. The Hall–Kier alpha value is -4.09. The molecule has 1 aliphatic rings. The first kappa shape index (κ1) is 26.5. The lowest BCUT2D eigenvalue weighted by atomic mass is 9.79. The third kappa shape index (κ3) is 5.99. The molecule has 4 aromatic rings. The maximum atomic E-state index is 9.07. The second-order valence-corrected chi connectivity index (χ2v) is 10.1. The van der Waals surface area contributed by atoms with E-state index in [0.29, 0.717) is 13.0 Å². The SMILES string of the molecule is CC1=c2cc(OCc3ccccc3)ccc2=NC1(Cc1ccc(OCCO)cc1)c1ccc(OC(C)C)cc1. The lowest BCUT2D eigenvalue weighted by molar-refractivity contribution is 0.201. The summed E-state index contributed by atoms with van der Waals surface area (Å²) in [6.45, 7) is 7.02. The normalized spacial score (nSPS) is 16.1. The fourth-order valence-corrected chi connectivity index (χ4v) is 5.06. The van der Waals surface area contributed by atoms with Crippen LogP contribution in [0.15, 0.2) is 102 Å². The van der Waals surface area contributed by atoms with E-state index in [4.69, 9.17) is 24.3 Å². The van der Waals surface area contributed by atoms with Crippen molar-refractivity contribution in [2.45, 2.75) is 45.4 Å². The molecule has 0 aromatic heterocycles. The van der Waals surface area contributed by atoms with Crippen molar-refractivity contribution in [3.63, 3.8) is 0 Å². The quantitative estimate of drug-likeness (QED) is 0.289. The molecule has 0 fully saturated rings. The molecule has 0 bridgehead atoms. The van der Waals surface area contributed by atoms with Gasteiger partial charge in [0.1, 0.15) is 36.0 Å². The Morgan fingerprint density at radius 3 is 2.15 bits per heavy atom. The van der Waals surface area contributed by atoms with Gasteiger partial charge in [0.2, 0.25) is 0 Å². The number of nitrogens with zero attached hydrogens (tertiary/aromatic N) is 1. The van der Waals surface area contributed by atoms with Gasteiger partial charge in [-0.15, -0.1) is 0 Å². The number of fused-ring (bicyclic) bond motifs is 1. The van der Waals surface area contributed by atoms with Crippen LogP contribution in [0.5, 0.6) is 17.2 Å². The zero-order valence-corrected chi connectivity index (χ0v) is 22.8. The van der Waals surface area contributed by atoms with Gasteiger partial charge in [-0.25, -0.2) is 0 Å². The zero-order chi connectivity index (χ0) is 27.2. The molecule has 1 aliphatic heterocycles. The van der Waals surface area contributed by atoms with Gasteiger partial charge >= 0.3 is 0 Å². The Balaban J connectivity index is 1.51. The van der Waals surface area contributed by atoms with Crippen molar-refractivity contribution in [3.8, 4) is 17.2 Å². The molecule has 5 heteroatoms. The summed E-state index contributed by atoms with van der Waals surface area (Å²) >= 11 is 0. The van der Waals surface area contributed by atoms with E-state index in [9.17, 15) is 0 Å². The van der Waals surface area contributed by atoms with Crippen molar-refractivity contribution in [2.75, 3.05) is 13.2 Å². The second-order valence-electron chi connectivity index (χ2n) is 10.1. The maximum absolute atomic E-state index is 9.07. The van der Waals surface area contributed by atoms with Gasteiger partial charge in [-0.05, 0) is 85.5 Å². The first-order valence-electron chi connectivity index (χ1n) is 13.4. The predicted octanol–water partition coefficient (Wildman–Crippen LogP) is 5.37. The van der Waals surface area contributed by atoms with Gasteiger partial charge in [-0.3, -0.25) is 4.99 Å². The van der Waals surface area contributed by atoms with Crippen molar-refractivity contribution in [2.24, 2.45) is 4.99 Å². The Kier molecular flexibility index (Phi) is 7.99. The molecule has 1 unspecified atom stereocenters. The van der Waals surface area contributed by atoms with E-state index in [1.807, 2.05) is 62.4 Å². The Morgan fingerprint density at radius 2 is 1.46 bits per heavy atom. The molecule has 0 spiro atoms. The second kappa shape index (κ2) is 11.7. The van der Waals surface area contributed by atoms with Crippen molar-refractivity contribution in [3.05, 3.63) is 124 Å². The summed E-state index contributed by atoms with van der Waals surface area (Å²) in [5.74, 6) is 2.41. The highest BCUT2D eigenvalue weighted by Gasteiger charge is 2.37. The summed E-state index contributed by atoms with van der Waals surface area (Å²) in [5, 5.41) is 11.1. The largest absolute Gasteiger partial charge is 0.491 e. The molecule has 0 saturated carbocycles. The van der Waals surface area contributed by atoms with Crippen molar-refractivity contribution >= 4 is 5.57 Å². The number of hydrogen-bond donors (Lipinski definition) is 1. The molecule has 1 N–H and O–H groups in total. The molecule has 0 saturated heterocycles. The van der Waals surface area contributed by atoms with E-state index < -0.39 is 5.54 Å². The minimum absolute atomic E-state index is 0.0102. The van der Waals surface area contributed by atoms with Gasteiger partial charge in [0.15, 0.2) is 0 Å². The third-order valence-corrected chi connectivity index (χ3v) is 7.00. The third-order valence-electron chi connectivity index (χ3n) is 7.00. The first-order valence-corrected chi connectivity index (χ1v) is 13.4. The summed E-state index contributed by atoms with van der Waals surface area (Å²) in [6, 6.07) is 32.7. The highest BCUT2D eigenvalue weighted by atomic mass is 16.5. The van der Waals surface area contributed by atoms with E-state index in [-0.39, 0.29) is 19.3 Å². The smallest absolute Gasteiger partial charge is 0.120 e. The van der Waals surface area contributed by atoms with Crippen LogP contribution >= 0.6 is 0 Å². The minimum atomic E-state index is -0.565. The number of ether oxygens (including phenoxy) is 3. The van der Waals surface area contributed by atoms with E-state index in [2.05, 4.69) is 55.5 Å². The number of rotatable bonds is 11. The van der Waals surface area contributed by atoms with E-state index in [1.165, 1.54) is 5.57 Å². The van der Waals surface area contributed by atoms with Gasteiger partial charge in [0.05, 0.1) is 18.1 Å². The first-order chi connectivity index (χ1) is 19.0. The van der Waals surface area contributed by atoms with Gasteiger partial charge in [-0.1, -0.05) is 54.6 Å². The molecule has 1 heterocycles. The number of hydrogen-bond acceptors (Lipinski definition) is 5. The van der Waals surface area contributed by atoms with Crippen LogP contribution in [0.4, 0.5) is 0 Å². The summed E-state index contributed by atoms with van der Waals surface area (Å²) in [4.78, 5) is 5.35. The fraction of sp³-hybridized carbons (Fsp3) is 0.265. The molecule has 4 aromatic carbocycles. The molecule has 1 atom stereocenters. The van der Waals surface area contributed by atoms with Crippen molar-refractivity contribution in [1.82, 2.24) is 0 Å². The van der Waals surface area contributed by atoms with Crippen LogP contribution in [0.3, 0.4) is 0 Å². The number of benzene rings is 4. The molecule has 39 heavy (non-hydrogen) atoms. The van der Waals surface area contributed by atoms with Crippen LogP contribution < -0.4 is 24.8 Å². The zero-order valence-electron chi connectivity index (χ0n) is 22.8. The predicted molar refractivity (Wildman–Crippen MR) is 154 cm³/mol. The van der Waals surface area contributed by atoms with Crippen molar-refractivity contribution in [1.29, 1.82) is 0 Å². The molecule has 0 radical (unpaired) electrons. The summed E-state index contributed by atoms with van der Waals surface area (Å²) in [5.41, 5.74) is 4.00. The summed E-state index contributed by atoms with van der Waals surface area (Å²) in [7, 11) is 0. The molecule has 0 amide bonds. The standard InChI is InChI=1S/C34H35NO4/c1-24(2)39-30-15-11-28(12-16-30)34(22-26-9-13-29(14-10-26)37-20-19-36)25(3)32-21-31(17-18-33(32)35-34)38-23-27-7-5-4-6-8-27/h4-18,21,24,36H,19-20,22-23H2,1-3H3. The summed E-state index contributed by atoms with van der Waals surface area (Å²) < 4.78 is 17.6. The topological polar surface area (TPSA) is 60.3 Å².